The number of likely N-dealkylation sites (tertiary alicyclic amines) is 1. The van der Waals surface area contributed by atoms with Gasteiger partial charge in [0, 0.05) is 42.8 Å². The third-order valence-corrected chi connectivity index (χ3v) is 6.39. The largest absolute Gasteiger partial charge is 0.340 e. The highest BCUT2D eigenvalue weighted by Gasteiger charge is 2.31. The van der Waals surface area contributed by atoms with Gasteiger partial charge in [-0.25, -0.2) is 0 Å². The van der Waals surface area contributed by atoms with Crippen molar-refractivity contribution in [1.29, 1.82) is 0 Å². The molecule has 2 aliphatic heterocycles. The minimum atomic E-state index is 0.0735. The maximum Gasteiger partial charge on any atom is 0.241 e. The van der Waals surface area contributed by atoms with Crippen LogP contribution in [0.25, 0.3) is 11.4 Å². The Morgan fingerprint density at radius 2 is 2.03 bits per heavy atom. The summed E-state index contributed by atoms with van der Waals surface area (Å²) in [5.74, 6) is 1.58. The molecule has 0 radical (unpaired) electrons. The van der Waals surface area contributed by atoms with Gasteiger partial charge in [0.15, 0.2) is 0 Å². The first-order valence-electron chi connectivity index (χ1n) is 10.4. The van der Waals surface area contributed by atoms with Crippen LogP contribution in [-0.4, -0.2) is 76.6 Å². The highest BCUT2D eigenvalue weighted by atomic mass is 79.9. The Bertz CT molecular complexity index is 834. The molecule has 0 N–H and O–H groups in total. The van der Waals surface area contributed by atoms with E-state index in [2.05, 4.69) is 47.7 Å². The van der Waals surface area contributed by atoms with Gasteiger partial charge in [0.2, 0.25) is 17.6 Å². The highest BCUT2D eigenvalue weighted by molar-refractivity contribution is 9.10. The standard InChI is InChI=1S/C21H28BrN5O2/c1-2-25-9-11-27(12-10-25)21(28)17-6-4-8-26(14-17)15-19-23-20(24-29-19)16-5-3-7-18(22)13-16/h3,5,7,13,17H,2,4,6,8-12,14-15H2,1H3. The van der Waals surface area contributed by atoms with Crippen LogP contribution in [0.5, 0.6) is 0 Å². The van der Waals surface area contributed by atoms with Crippen molar-refractivity contribution in [1.82, 2.24) is 24.8 Å². The zero-order valence-corrected chi connectivity index (χ0v) is 18.5. The number of carbonyl (C=O) groups is 1. The number of carbonyl (C=O) groups excluding carboxylic acids is 1. The first-order valence-corrected chi connectivity index (χ1v) is 11.2. The Morgan fingerprint density at radius 3 is 2.79 bits per heavy atom. The van der Waals surface area contributed by atoms with Crippen molar-refractivity contribution in [3.8, 4) is 11.4 Å². The summed E-state index contributed by atoms with van der Waals surface area (Å²) in [4.78, 5) is 24.3. The van der Waals surface area contributed by atoms with Gasteiger partial charge in [0.05, 0.1) is 12.5 Å². The number of rotatable bonds is 5. The lowest BCUT2D eigenvalue weighted by Crippen LogP contribution is -2.52. The lowest BCUT2D eigenvalue weighted by molar-refractivity contribution is -0.139. The Labute approximate surface area is 180 Å². The van der Waals surface area contributed by atoms with Crippen LogP contribution in [0, 0.1) is 5.92 Å². The molecule has 8 heteroatoms. The molecule has 0 spiro atoms. The lowest BCUT2D eigenvalue weighted by atomic mass is 9.96. The molecule has 2 saturated heterocycles. The van der Waals surface area contributed by atoms with Crippen molar-refractivity contribution in [2.75, 3.05) is 45.8 Å². The van der Waals surface area contributed by atoms with E-state index in [9.17, 15) is 4.79 Å². The second kappa shape index (κ2) is 9.36. The molecule has 29 heavy (non-hydrogen) atoms. The van der Waals surface area contributed by atoms with Gasteiger partial charge in [0.25, 0.3) is 0 Å². The molecule has 4 rings (SSSR count). The van der Waals surface area contributed by atoms with Crippen molar-refractivity contribution in [2.45, 2.75) is 26.3 Å². The number of halogens is 1. The molecule has 0 aliphatic carbocycles. The van der Waals surface area contributed by atoms with E-state index in [0.29, 0.717) is 24.2 Å². The molecule has 2 aliphatic rings. The lowest BCUT2D eigenvalue weighted by Gasteiger charge is -2.38. The van der Waals surface area contributed by atoms with Gasteiger partial charge in [-0.3, -0.25) is 9.69 Å². The SMILES string of the molecule is CCN1CCN(C(=O)C2CCCN(Cc3nc(-c4cccc(Br)c4)no3)C2)CC1. The molecule has 1 atom stereocenters. The second-order valence-electron chi connectivity index (χ2n) is 7.86. The fourth-order valence-corrected chi connectivity index (χ4v) is 4.60. The number of hydrogen-bond donors (Lipinski definition) is 0. The number of piperidine rings is 1. The summed E-state index contributed by atoms with van der Waals surface area (Å²) >= 11 is 3.47. The fourth-order valence-electron chi connectivity index (χ4n) is 4.20. The van der Waals surface area contributed by atoms with E-state index in [0.717, 1.165) is 68.7 Å². The van der Waals surface area contributed by atoms with E-state index in [1.165, 1.54) is 0 Å². The van der Waals surface area contributed by atoms with E-state index in [1.807, 2.05) is 24.3 Å². The van der Waals surface area contributed by atoms with Crippen LogP contribution in [0.4, 0.5) is 0 Å². The minimum Gasteiger partial charge on any atom is -0.340 e. The maximum atomic E-state index is 13.0. The molecule has 1 aromatic carbocycles. The molecule has 0 bridgehead atoms. The Morgan fingerprint density at radius 1 is 1.21 bits per heavy atom. The molecule has 1 aromatic heterocycles. The van der Waals surface area contributed by atoms with Gasteiger partial charge >= 0.3 is 0 Å². The third-order valence-electron chi connectivity index (χ3n) is 5.90. The molecule has 1 unspecified atom stereocenters. The van der Waals surface area contributed by atoms with E-state index in [-0.39, 0.29) is 5.92 Å². The van der Waals surface area contributed by atoms with Gasteiger partial charge in [-0.15, -0.1) is 0 Å². The molecule has 1 amide bonds. The summed E-state index contributed by atoms with van der Waals surface area (Å²) in [5.41, 5.74) is 0.923. The Kier molecular flexibility index (Phi) is 6.62. The third kappa shape index (κ3) is 5.05. The van der Waals surface area contributed by atoms with Gasteiger partial charge in [-0.2, -0.15) is 4.98 Å². The summed E-state index contributed by atoms with van der Waals surface area (Å²) < 4.78 is 6.46. The minimum absolute atomic E-state index is 0.0735. The van der Waals surface area contributed by atoms with Crippen LogP contribution in [0.15, 0.2) is 33.3 Å². The number of benzene rings is 1. The van der Waals surface area contributed by atoms with Gasteiger partial charge in [0.1, 0.15) is 0 Å². The van der Waals surface area contributed by atoms with Gasteiger partial charge < -0.3 is 14.3 Å². The average molecular weight is 462 g/mol. The summed E-state index contributed by atoms with van der Waals surface area (Å²) in [6, 6.07) is 7.86. The van der Waals surface area contributed by atoms with Crippen LogP contribution < -0.4 is 0 Å². The smallest absolute Gasteiger partial charge is 0.241 e. The summed E-state index contributed by atoms with van der Waals surface area (Å²) in [5, 5.41) is 4.12. The molecule has 156 valence electrons. The Balaban J connectivity index is 1.34. The quantitative estimate of drug-likeness (QED) is 0.681. The number of aromatic nitrogens is 2. The van der Waals surface area contributed by atoms with Gasteiger partial charge in [-0.05, 0) is 38.1 Å². The highest BCUT2D eigenvalue weighted by Crippen LogP contribution is 2.23. The van der Waals surface area contributed by atoms with Crippen LogP contribution in [0.2, 0.25) is 0 Å². The van der Waals surface area contributed by atoms with Crippen LogP contribution in [-0.2, 0) is 11.3 Å². The molecule has 0 saturated carbocycles. The monoisotopic (exact) mass is 461 g/mol. The number of hydrogen-bond acceptors (Lipinski definition) is 6. The zero-order valence-electron chi connectivity index (χ0n) is 16.9. The molecule has 2 fully saturated rings. The Hall–Kier alpha value is -1.77. The van der Waals surface area contributed by atoms with Crippen molar-refractivity contribution in [3.05, 3.63) is 34.6 Å². The predicted octanol–water partition coefficient (Wildman–Crippen LogP) is 2.88. The first kappa shape index (κ1) is 20.5. The molecular formula is C21H28BrN5O2. The molecule has 7 nitrogen and oxygen atoms in total. The summed E-state index contributed by atoms with van der Waals surface area (Å²) in [7, 11) is 0. The van der Waals surface area contributed by atoms with Crippen LogP contribution in [0.3, 0.4) is 0 Å². The number of amides is 1. The molecule has 3 heterocycles. The molecular weight excluding hydrogens is 434 g/mol. The van der Waals surface area contributed by atoms with Crippen molar-refractivity contribution >= 4 is 21.8 Å². The summed E-state index contributed by atoms with van der Waals surface area (Å²) in [6.45, 7) is 9.23. The van der Waals surface area contributed by atoms with E-state index >= 15 is 0 Å². The second-order valence-corrected chi connectivity index (χ2v) is 8.77. The molecule has 2 aromatic rings. The first-order chi connectivity index (χ1) is 14.1. The number of nitrogens with zero attached hydrogens (tertiary/aromatic N) is 5. The van der Waals surface area contributed by atoms with Crippen molar-refractivity contribution in [2.24, 2.45) is 5.92 Å². The zero-order chi connectivity index (χ0) is 20.2. The van der Waals surface area contributed by atoms with E-state index in [1.54, 1.807) is 0 Å². The number of likely N-dealkylation sites (N-methyl/N-ethyl adjacent to an activating group) is 1. The topological polar surface area (TPSA) is 65.7 Å². The normalized spacial score (nSPS) is 21.4. The van der Waals surface area contributed by atoms with E-state index < -0.39 is 0 Å². The average Bonchev–Trinajstić information content (AvgIpc) is 3.22. The van der Waals surface area contributed by atoms with E-state index in [4.69, 9.17) is 4.52 Å². The van der Waals surface area contributed by atoms with Crippen molar-refractivity contribution in [3.63, 3.8) is 0 Å². The number of piperazine rings is 1. The van der Waals surface area contributed by atoms with Crippen LogP contribution >= 0.6 is 15.9 Å². The summed E-state index contributed by atoms with van der Waals surface area (Å²) in [6.07, 6.45) is 1.99. The fraction of sp³-hybridized carbons (Fsp3) is 0.571. The van der Waals surface area contributed by atoms with Gasteiger partial charge in [-0.1, -0.05) is 40.1 Å². The predicted molar refractivity (Wildman–Crippen MR) is 114 cm³/mol. The maximum absolute atomic E-state index is 13.0. The van der Waals surface area contributed by atoms with Crippen molar-refractivity contribution < 1.29 is 9.32 Å². The van der Waals surface area contributed by atoms with Crippen LogP contribution in [0.1, 0.15) is 25.7 Å².